The smallest absolute Gasteiger partial charge is 0.0543 e. The quantitative estimate of drug-likeness (QED) is 0.758. The van der Waals surface area contributed by atoms with Gasteiger partial charge in [0.1, 0.15) is 0 Å². The second kappa shape index (κ2) is 5.31. The molecule has 1 unspecified atom stereocenters. The molecule has 2 heteroatoms. The molecular weight excluding hydrogens is 188 g/mol. The Hall–Kier alpha value is -0.0800. The van der Waals surface area contributed by atoms with E-state index in [4.69, 9.17) is 5.11 Å². The molecule has 2 N–H and O–H groups in total. The van der Waals surface area contributed by atoms with E-state index in [0.717, 1.165) is 32.1 Å². The van der Waals surface area contributed by atoms with Gasteiger partial charge in [-0.2, -0.15) is 0 Å². The summed E-state index contributed by atoms with van der Waals surface area (Å²) < 4.78 is 0. The van der Waals surface area contributed by atoms with Crippen LogP contribution in [0.4, 0.5) is 0 Å². The number of rotatable bonds is 3. The van der Waals surface area contributed by atoms with E-state index in [0.29, 0.717) is 18.4 Å². The van der Waals surface area contributed by atoms with E-state index in [1.54, 1.807) is 0 Å². The third-order valence-electron chi connectivity index (χ3n) is 3.81. The number of hydrogen-bond acceptors (Lipinski definition) is 2. The summed E-state index contributed by atoms with van der Waals surface area (Å²) >= 11 is 0. The van der Waals surface area contributed by atoms with Crippen molar-refractivity contribution in [1.29, 1.82) is 0 Å². The molecule has 0 aromatic rings. The lowest BCUT2D eigenvalue weighted by Gasteiger charge is -2.42. The van der Waals surface area contributed by atoms with Crippen LogP contribution in [0.3, 0.4) is 0 Å². The fourth-order valence-corrected chi connectivity index (χ4v) is 2.97. The molecule has 2 nitrogen and oxygen atoms in total. The van der Waals surface area contributed by atoms with Gasteiger partial charge in [0, 0.05) is 6.61 Å². The Bertz CT molecular complexity index is 181. The molecule has 1 aliphatic rings. The van der Waals surface area contributed by atoms with Crippen LogP contribution >= 0.6 is 0 Å². The zero-order valence-corrected chi connectivity index (χ0v) is 10.4. The van der Waals surface area contributed by atoms with Gasteiger partial charge in [0.15, 0.2) is 0 Å². The third-order valence-corrected chi connectivity index (χ3v) is 3.81. The summed E-state index contributed by atoms with van der Waals surface area (Å²) in [5, 5.41) is 18.6. The van der Waals surface area contributed by atoms with Gasteiger partial charge in [0.05, 0.1) is 6.10 Å². The summed E-state index contributed by atoms with van der Waals surface area (Å²) in [5.41, 5.74) is 0.279. The molecule has 90 valence electrons. The summed E-state index contributed by atoms with van der Waals surface area (Å²) in [5.74, 6) is 1.30. The Morgan fingerprint density at radius 1 is 1.20 bits per heavy atom. The van der Waals surface area contributed by atoms with Crippen LogP contribution in [-0.2, 0) is 0 Å². The average Bonchev–Trinajstić information content (AvgIpc) is 2.14. The van der Waals surface area contributed by atoms with Crippen LogP contribution in [0, 0.1) is 17.3 Å². The molecule has 0 radical (unpaired) electrons. The Kier molecular flexibility index (Phi) is 4.60. The topological polar surface area (TPSA) is 40.5 Å². The highest BCUT2D eigenvalue weighted by atomic mass is 16.3. The minimum absolute atomic E-state index is 0.0976. The van der Waals surface area contributed by atoms with Crippen molar-refractivity contribution in [1.82, 2.24) is 0 Å². The van der Waals surface area contributed by atoms with Crippen LogP contribution in [-0.4, -0.2) is 22.9 Å². The van der Waals surface area contributed by atoms with Crippen LogP contribution in [0.5, 0.6) is 0 Å². The Balaban J connectivity index is 2.58. The zero-order chi connectivity index (χ0) is 11.5. The lowest BCUT2D eigenvalue weighted by atomic mass is 9.64. The standard InChI is InChI=1S/C13H26O2/c1-13(2,3)12-9-11(15)7-6-10(12)5-4-8-14/h10-12,14-15H,4-9H2,1-3H3/t10-,11-,12?/m1/s1. The molecule has 1 rings (SSSR count). The van der Waals surface area contributed by atoms with Crippen molar-refractivity contribution in [3.63, 3.8) is 0 Å². The van der Waals surface area contributed by atoms with Gasteiger partial charge in [-0.3, -0.25) is 0 Å². The van der Waals surface area contributed by atoms with E-state index in [-0.39, 0.29) is 11.5 Å². The van der Waals surface area contributed by atoms with E-state index in [1.807, 2.05) is 0 Å². The van der Waals surface area contributed by atoms with E-state index in [1.165, 1.54) is 0 Å². The van der Waals surface area contributed by atoms with Crippen LogP contribution in [0.25, 0.3) is 0 Å². The lowest BCUT2D eigenvalue weighted by molar-refractivity contribution is 0.0137. The van der Waals surface area contributed by atoms with Crippen molar-refractivity contribution in [3.05, 3.63) is 0 Å². The summed E-state index contributed by atoms with van der Waals surface area (Å²) in [6, 6.07) is 0. The van der Waals surface area contributed by atoms with Crippen LogP contribution in [0.1, 0.15) is 52.9 Å². The van der Waals surface area contributed by atoms with Gasteiger partial charge in [-0.25, -0.2) is 0 Å². The lowest BCUT2D eigenvalue weighted by Crippen LogP contribution is -2.36. The minimum atomic E-state index is -0.0976. The highest BCUT2D eigenvalue weighted by molar-refractivity contribution is 4.86. The molecule has 1 fully saturated rings. The van der Waals surface area contributed by atoms with Gasteiger partial charge < -0.3 is 10.2 Å². The van der Waals surface area contributed by atoms with Crippen molar-refractivity contribution >= 4 is 0 Å². The first-order chi connectivity index (χ1) is 6.95. The molecule has 0 saturated heterocycles. The monoisotopic (exact) mass is 214 g/mol. The molecule has 0 aliphatic heterocycles. The fraction of sp³-hybridized carbons (Fsp3) is 1.00. The van der Waals surface area contributed by atoms with Gasteiger partial charge in [0.25, 0.3) is 0 Å². The molecule has 0 spiro atoms. The largest absolute Gasteiger partial charge is 0.396 e. The number of aliphatic hydroxyl groups is 2. The predicted molar refractivity (Wildman–Crippen MR) is 62.6 cm³/mol. The van der Waals surface area contributed by atoms with Gasteiger partial charge >= 0.3 is 0 Å². The molecule has 0 aromatic carbocycles. The molecular formula is C13H26O2. The van der Waals surface area contributed by atoms with Gasteiger partial charge in [0.2, 0.25) is 0 Å². The maximum atomic E-state index is 9.74. The molecule has 3 atom stereocenters. The fourth-order valence-electron chi connectivity index (χ4n) is 2.97. The SMILES string of the molecule is CC(C)(C)C1C[C@H](O)CC[C@H]1CCCO. The van der Waals surface area contributed by atoms with Crippen molar-refractivity contribution in [2.24, 2.45) is 17.3 Å². The number of hydrogen-bond donors (Lipinski definition) is 2. The maximum absolute atomic E-state index is 9.74. The maximum Gasteiger partial charge on any atom is 0.0543 e. The second-order valence-electron chi connectivity index (χ2n) is 6.07. The summed E-state index contributed by atoms with van der Waals surface area (Å²) in [7, 11) is 0. The predicted octanol–water partition coefficient (Wildman–Crippen LogP) is 2.58. The molecule has 15 heavy (non-hydrogen) atoms. The molecule has 0 heterocycles. The first-order valence-corrected chi connectivity index (χ1v) is 6.24. The Morgan fingerprint density at radius 3 is 2.40 bits per heavy atom. The van der Waals surface area contributed by atoms with Gasteiger partial charge in [-0.05, 0) is 49.4 Å². The summed E-state index contributed by atoms with van der Waals surface area (Å²) in [6.45, 7) is 7.10. The first-order valence-electron chi connectivity index (χ1n) is 6.24. The third kappa shape index (κ3) is 3.76. The number of aliphatic hydroxyl groups excluding tert-OH is 2. The normalized spacial score (nSPS) is 33.0. The van der Waals surface area contributed by atoms with Crippen molar-refractivity contribution in [2.45, 2.75) is 59.0 Å². The highest BCUT2D eigenvalue weighted by Crippen LogP contribution is 2.43. The van der Waals surface area contributed by atoms with Gasteiger partial charge in [-0.15, -0.1) is 0 Å². The summed E-state index contributed by atoms with van der Waals surface area (Å²) in [4.78, 5) is 0. The molecule has 1 aliphatic carbocycles. The van der Waals surface area contributed by atoms with Gasteiger partial charge in [-0.1, -0.05) is 20.8 Å². The molecule has 0 aromatic heterocycles. The van der Waals surface area contributed by atoms with E-state index in [2.05, 4.69) is 20.8 Å². The average molecular weight is 214 g/mol. The first kappa shape index (κ1) is 13.0. The van der Waals surface area contributed by atoms with Crippen LogP contribution in [0.15, 0.2) is 0 Å². The highest BCUT2D eigenvalue weighted by Gasteiger charge is 2.36. The minimum Gasteiger partial charge on any atom is -0.396 e. The summed E-state index contributed by atoms with van der Waals surface area (Å²) in [6.07, 6.45) is 4.95. The Labute approximate surface area is 93.7 Å². The van der Waals surface area contributed by atoms with E-state index >= 15 is 0 Å². The molecule has 0 amide bonds. The molecule has 1 saturated carbocycles. The Morgan fingerprint density at radius 2 is 1.87 bits per heavy atom. The van der Waals surface area contributed by atoms with Crippen molar-refractivity contribution < 1.29 is 10.2 Å². The zero-order valence-electron chi connectivity index (χ0n) is 10.4. The van der Waals surface area contributed by atoms with Crippen LogP contribution in [0.2, 0.25) is 0 Å². The van der Waals surface area contributed by atoms with Crippen molar-refractivity contribution in [3.8, 4) is 0 Å². The van der Waals surface area contributed by atoms with Crippen LogP contribution < -0.4 is 0 Å². The second-order valence-corrected chi connectivity index (χ2v) is 6.07. The van der Waals surface area contributed by atoms with E-state index < -0.39 is 0 Å². The molecule has 0 bridgehead atoms. The van der Waals surface area contributed by atoms with E-state index in [9.17, 15) is 5.11 Å². The van der Waals surface area contributed by atoms with Crippen molar-refractivity contribution in [2.75, 3.05) is 6.61 Å².